The number of rotatable bonds is 5. The molecule has 0 N–H and O–H groups in total. The molecule has 0 saturated heterocycles. The molecule has 6 heteroatoms. The van der Waals surface area contributed by atoms with Gasteiger partial charge >= 0.3 is 0 Å². The first-order chi connectivity index (χ1) is 14.4. The van der Waals surface area contributed by atoms with Crippen molar-refractivity contribution in [3.05, 3.63) is 92.7 Å². The number of hydrogen-bond donors (Lipinski definition) is 0. The number of benzene rings is 2. The molecule has 0 spiro atoms. The molecule has 4 rings (SSSR count). The minimum atomic E-state index is -0.322. The minimum absolute atomic E-state index is 0.320. The number of carbonyl (C=O) groups excluding carboxylic acids is 2. The summed E-state index contributed by atoms with van der Waals surface area (Å²) in [5.74, 6) is 0.563. The smallest absolute Gasteiger partial charge is 0.272 e. The van der Waals surface area contributed by atoms with E-state index in [-0.39, 0.29) is 11.8 Å². The third kappa shape index (κ3) is 3.71. The van der Waals surface area contributed by atoms with Gasteiger partial charge < -0.3 is 4.42 Å². The van der Waals surface area contributed by atoms with Gasteiger partial charge in [-0.15, -0.1) is 11.8 Å². The highest BCUT2D eigenvalue weighted by molar-refractivity contribution is 8.03. The summed E-state index contributed by atoms with van der Waals surface area (Å²) < 4.78 is 5.41. The summed E-state index contributed by atoms with van der Waals surface area (Å²) in [5, 5.41) is 0.560. The SMILES string of the molecule is Cc1ccc(C2=C(SCc3ccco3)C(=O)N(c3ccc(Cl)cc3C)C2=O)c(C)c1. The zero-order chi connectivity index (χ0) is 21.4. The fourth-order valence-corrected chi connectivity index (χ4v) is 4.84. The Bertz CT molecular complexity index is 1180. The molecular formula is C24H20ClNO3S. The van der Waals surface area contributed by atoms with Gasteiger partial charge in [0.15, 0.2) is 0 Å². The van der Waals surface area contributed by atoms with E-state index in [4.69, 9.17) is 16.0 Å². The Morgan fingerprint density at radius 2 is 1.77 bits per heavy atom. The lowest BCUT2D eigenvalue weighted by molar-refractivity contribution is -0.119. The molecular weight excluding hydrogens is 418 g/mol. The predicted octanol–water partition coefficient (Wildman–Crippen LogP) is 6.08. The van der Waals surface area contributed by atoms with Crippen LogP contribution in [0.2, 0.25) is 5.02 Å². The Hall–Kier alpha value is -2.76. The van der Waals surface area contributed by atoms with Crippen LogP contribution in [0.15, 0.2) is 64.1 Å². The van der Waals surface area contributed by atoms with Gasteiger partial charge in [0.05, 0.1) is 28.2 Å². The van der Waals surface area contributed by atoms with Crippen LogP contribution in [0.4, 0.5) is 5.69 Å². The standard InChI is InChI=1S/C24H20ClNO3S/c1-14-6-8-19(15(2)11-14)21-22(30-13-18-5-4-10-29-18)24(28)26(23(21)27)20-9-7-17(25)12-16(20)3/h4-12H,13H2,1-3H3. The van der Waals surface area contributed by atoms with Crippen LogP contribution in [-0.4, -0.2) is 11.8 Å². The van der Waals surface area contributed by atoms with E-state index in [0.29, 0.717) is 26.9 Å². The third-order valence-corrected chi connectivity index (χ3v) is 6.36. The van der Waals surface area contributed by atoms with Crippen LogP contribution >= 0.6 is 23.4 Å². The molecule has 0 unspecified atom stereocenters. The highest BCUT2D eigenvalue weighted by Crippen LogP contribution is 2.41. The highest BCUT2D eigenvalue weighted by Gasteiger charge is 2.41. The Balaban J connectivity index is 1.81. The van der Waals surface area contributed by atoms with E-state index in [9.17, 15) is 9.59 Å². The predicted molar refractivity (Wildman–Crippen MR) is 122 cm³/mol. The minimum Gasteiger partial charge on any atom is -0.468 e. The molecule has 1 aliphatic rings. The summed E-state index contributed by atoms with van der Waals surface area (Å²) in [6.07, 6.45) is 1.60. The van der Waals surface area contributed by atoms with Crippen LogP contribution in [-0.2, 0) is 15.3 Å². The Kier molecular flexibility index (Phi) is 5.58. The van der Waals surface area contributed by atoms with Crippen LogP contribution in [0.1, 0.15) is 28.0 Å². The van der Waals surface area contributed by atoms with E-state index in [1.807, 2.05) is 45.0 Å². The average Bonchev–Trinajstić information content (AvgIpc) is 3.28. The lowest BCUT2D eigenvalue weighted by Crippen LogP contribution is -2.32. The van der Waals surface area contributed by atoms with E-state index in [0.717, 1.165) is 28.0 Å². The molecule has 0 radical (unpaired) electrons. The molecule has 1 aromatic heterocycles. The van der Waals surface area contributed by atoms with Gasteiger partial charge in [-0.2, -0.15) is 0 Å². The van der Waals surface area contributed by atoms with Crippen LogP contribution in [0.25, 0.3) is 5.57 Å². The number of halogens is 1. The quantitative estimate of drug-likeness (QED) is 0.454. The summed E-state index contributed by atoms with van der Waals surface area (Å²) in [6.45, 7) is 5.80. The number of imide groups is 1. The maximum atomic E-state index is 13.5. The molecule has 0 bridgehead atoms. The van der Waals surface area contributed by atoms with E-state index in [1.165, 1.54) is 16.7 Å². The van der Waals surface area contributed by atoms with E-state index in [2.05, 4.69) is 0 Å². The monoisotopic (exact) mass is 437 g/mol. The van der Waals surface area contributed by atoms with Gasteiger partial charge in [0.1, 0.15) is 5.76 Å². The van der Waals surface area contributed by atoms with Crippen molar-refractivity contribution >= 4 is 46.4 Å². The van der Waals surface area contributed by atoms with Crippen LogP contribution < -0.4 is 4.90 Å². The number of nitrogens with zero attached hydrogens (tertiary/aromatic N) is 1. The summed E-state index contributed by atoms with van der Waals surface area (Å²) in [4.78, 5) is 28.7. The van der Waals surface area contributed by atoms with Crippen molar-refractivity contribution in [2.75, 3.05) is 4.90 Å². The number of anilines is 1. The van der Waals surface area contributed by atoms with E-state index in [1.54, 1.807) is 30.5 Å². The summed E-state index contributed by atoms with van der Waals surface area (Å²) in [5.41, 5.74) is 4.57. The summed E-state index contributed by atoms with van der Waals surface area (Å²) in [6, 6.07) is 14.7. The second kappa shape index (κ2) is 8.17. The van der Waals surface area contributed by atoms with Crippen LogP contribution in [0.5, 0.6) is 0 Å². The largest absolute Gasteiger partial charge is 0.468 e. The number of furan rings is 1. The van der Waals surface area contributed by atoms with Gasteiger partial charge in [0.2, 0.25) is 0 Å². The van der Waals surface area contributed by atoms with Crippen molar-refractivity contribution in [1.29, 1.82) is 0 Å². The van der Waals surface area contributed by atoms with E-state index < -0.39 is 0 Å². The van der Waals surface area contributed by atoms with Gasteiger partial charge in [-0.05, 0) is 67.8 Å². The van der Waals surface area contributed by atoms with Crippen LogP contribution in [0.3, 0.4) is 0 Å². The topological polar surface area (TPSA) is 50.5 Å². The summed E-state index contributed by atoms with van der Waals surface area (Å²) in [7, 11) is 0. The average molecular weight is 438 g/mol. The maximum absolute atomic E-state index is 13.5. The molecule has 0 atom stereocenters. The zero-order valence-corrected chi connectivity index (χ0v) is 18.4. The van der Waals surface area contributed by atoms with Crippen molar-refractivity contribution in [3.8, 4) is 0 Å². The lowest BCUT2D eigenvalue weighted by atomic mass is 9.98. The molecule has 2 aromatic carbocycles. The number of hydrogen-bond acceptors (Lipinski definition) is 4. The second-order valence-electron chi connectivity index (χ2n) is 7.27. The second-order valence-corrected chi connectivity index (χ2v) is 8.69. The normalized spacial score (nSPS) is 14.2. The molecule has 0 saturated carbocycles. The first-order valence-electron chi connectivity index (χ1n) is 9.49. The number of aryl methyl sites for hydroxylation is 3. The number of thioether (sulfide) groups is 1. The Labute approximate surface area is 184 Å². The number of carbonyl (C=O) groups is 2. The Morgan fingerprint density at radius 3 is 2.43 bits per heavy atom. The van der Waals surface area contributed by atoms with Gasteiger partial charge in [-0.3, -0.25) is 9.59 Å². The fraction of sp³-hybridized carbons (Fsp3) is 0.167. The molecule has 2 heterocycles. The molecule has 0 fully saturated rings. The van der Waals surface area contributed by atoms with Crippen molar-refractivity contribution in [3.63, 3.8) is 0 Å². The first kappa shape index (κ1) is 20.5. The van der Waals surface area contributed by atoms with E-state index >= 15 is 0 Å². The van der Waals surface area contributed by atoms with Gasteiger partial charge in [0, 0.05) is 5.02 Å². The third-order valence-electron chi connectivity index (χ3n) is 5.03. The lowest BCUT2D eigenvalue weighted by Gasteiger charge is -2.18. The highest BCUT2D eigenvalue weighted by atomic mass is 35.5. The molecule has 4 nitrogen and oxygen atoms in total. The molecule has 1 aliphatic heterocycles. The molecule has 0 aliphatic carbocycles. The molecule has 152 valence electrons. The maximum Gasteiger partial charge on any atom is 0.272 e. The first-order valence-corrected chi connectivity index (χ1v) is 10.8. The van der Waals surface area contributed by atoms with Crippen molar-refractivity contribution in [2.24, 2.45) is 0 Å². The van der Waals surface area contributed by atoms with Crippen molar-refractivity contribution < 1.29 is 14.0 Å². The van der Waals surface area contributed by atoms with Gasteiger partial charge in [0.25, 0.3) is 11.8 Å². The molecule has 3 aromatic rings. The van der Waals surface area contributed by atoms with Crippen molar-refractivity contribution in [1.82, 2.24) is 0 Å². The molecule has 2 amide bonds. The number of amides is 2. The summed E-state index contributed by atoms with van der Waals surface area (Å²) >= 11 is 7.40. The zero-order valence-electron chi connectivity index (χ0n) is 16.9. The van der Waals surface area contributed by atoms with Gasteiger partial charge in [-0.25, -0.2) is 4.90 Å². The molecule has 30 heavy (non-hydrogen) atoms. The fourth-order valence-electron chi connectivity index (χ4n) is 3.60. The van der Waals surface area contributed by atoms with Gasteiger partial charge in [-0.1, -0.05) is 35.4 Å². The Morgan fingerprint density at radius 1 is 0.967 bits per heavy atom. The van der Waals surface area contributed by atoms with Crippen LogP contribution in [0, 0.1) is 20.8 Å². The van der Waals surface area contributed by atoms with Crippen molar-refractivity contribution in [2.45, 2.75) is 26.5 Å².